The third-order valence-electron chi connectivity index (χ3n) is 5.27. The normalized spacial score (nSPS) is 18.9. The molecule has 2 atom stereocenters. The highest BCUT2D eigenvalue weighted by atomic mass is 16.2. The predicted molar refractivity (Wildman–Crippen MR) is 107 cm³/mol. The molecule has 0 aliphatic heterocycles. The van der Waals surface area contributed by atoms with Gasteiger partial charge in [-0.3, -0.25) is 9.59 Å². The number of para-hydroxylation sites is 1. The van der Waals surface area contributed by atoms with Gasteiger partial charge < -0.3 is 16.4 Å². The van der Waals surface area contributed by atoms with Crippen LogP contribution in [0.1, 0.15) is 35.2 Å². The molecule has 27 heavy (non-hydrogen) atoms. The summed E-state index contributed by atoms with van der Waals surface area (Å²) in [6.07, 6.45) is 3.65. The van der Waals surface area contributed by atoms with Gasteiger partial charge in [-0.2, -0.15) is 0 Å². The highest BCUT2D eigenvalue weighted by molar-refractivity contribution is 6.04. The lowest BCUT2D eigenvalue weighted by molar-refractivity contribution is -0.120. The molecule has 4 N–H and O–H groups in total. The molecule has 0 aromatic heterocycles. The second-order valence-corrected chi connectivity index (χ2v) is 7.06. The molecule has 1 saturated carbocycles. The number of amides is 2. The largest absolute Gasteiger partial charge is 0.352 e. The first-order valence-corrected chi connectivity index (χ1v) is 9.61. The van der Waals surface area contributed by atoms with Gasteiger partial charge in [0.2, 0.25) is 5.91 Å². The van der Waals surface area contributed by atoms with Crippen molar-refractivity contribution in [1.29, 1.82) is 0 Å². The predicted octanol–water partition coefficient (Wildman–Crippen LogP) is 2.97. The minimum Gasteiger partial charge on any atom is -0.352 e. The molecule has 0 radical (unpaired) electrons. The zero-order chi connectivity index (χ0) is 19.1. The first-order chi connectivity index (χ1) is 13.2. The van der Waals surface area contributed by atoms with Gasteiger partial charge in [0.15, 0.2) is 0 Å². The summed E-state index contributed by atoms with van der Waals surface area (Å²) in [7, 11) is 0. The van der Waals surface area contributed by atoms with Crippen molar-refractivity contribution in [3.63, 3.8) is 0 Å². The van der Waals surface area contributed by atoms with Crippen LogP contribution in [0, 0.1) is 11.8 Å². The van der Waals surface area contributed by atoms with E-state index in [1.54, 1.807) is 18.2 Å². The van der Waals surface area contributed by atoms with Gasteiger partial charge in [0.25, 0.3) is 5.91 Å². The van der Waals surface area contributed by atoms with Crippen LogP contribution < -0.4 is 16.4 Å². The number of anilines is 1. The Labute approximate surface area is 160 Å². The maximum Gasteiger partial charge on any atom is 0.253 e. The molecule has 5 nitrogen and oxygen atoms in total. The first kappa shape index (κ1) is 19.1. The standard InChI is InChI=1S/C22H27N3O2/c23-15-17-9-6-11-18(17)22(27)25-20-12-5-4-10-19(20)21(26)24-14-13-16-7-2-1-3-8-16/h1-5,7-8,10,12,17-18H,6,9,11,13-15,23H2,(H,24,26)(H,25,27)/t17-,18-/m1/s1. The van der Waals surface area contributed by atoms with Crippen molar-refractivity contribution in [2.75, 3.05) is 18.4 Å². The second-order valence-electron chi connectivity index (χ2n) is 7.06. The number of hydrogen-bond acceptors (Lipinski definition) is 3. The molecule has 142 valence electrons. The van der Waals surface area contributed by atoms with E-state index in [1.165, 1.54) is 5.56 Å². The third-order valence-corrected chi connectivity index (χ3v) is 5.27. The van der Waals surface area contributed by atoms with Gasteiger partial charge in [-0.25, -0.2) is 0 Å². The van der Waals surface area contributed by atoms with E-state index in [0.717, 1.165) is 25.7 Å². The van der Waals surface area contributed by atoms with Gasteiger partial charge in [-0.15, -0.1) is 0 Å². The van der Waals surface area contributed by atoms with Crippen molar-refractivity contribution in [2.45, 2.75) is 25.7 Å². The minimum absolute atomic E-state index is 0.0347. The summed E-state index contributed by atoms with van der Waals surface area (Å²) >= 11 is 0. The Kier molecular flexibility index (Phi) is 6.60. The van der Waals surface area contributed by atoms with Gasteiger partial charge in [-0.1, -0.05) is 48.9 Å². The molecular weight excluding hydrogens is 338 g/mol. The molecule has 5 heteroatoms. The monoisotopic (exact) mass is 365 g/mol. The maximum atomic E-state index is 12.7. The van der Waals surface area contributed by atoms with Crippen LogP contribution in [-0.4, -0.2) is 24.9 Å². The Bertz CT molecular complexity index is 776. The molecule has 3 rings (SSSR count). The highest BCUT2D eigenvalue weighted by Crippen LogP contribution is 2.32. The molecule has 1 fully saturated rings. The lowest BCUT2D eigenvalue weighted by Gasteiger charge is -2.18. The molecule has 1 aliphatic carbocycles. The molecule has 2 amide bonds. The van der Waals surface area contributed by atoms with Crippen molar-refractivity contribution < 1.29 is 9.59 Å². The second kappa shape index (κ2) is 9.33. The van der Waals surface area contributed by atoms with Gasteiger partial charge in [0, 0.05) is 12.5 Å². The van der Waals surface area contributed by atoms with Gasteiger partial charge >= 0.3 is 0 Å². The summed E-state index contributed by atoms with van der Waals surface area (Å²) in [5.41, 5.74) is 8.01. The number of benzene rings is 2. The van der Waals surface area contributed by atoms with Crippen molar-refractivity contribution in [3.8, 4) is 0 Å². The molecule has 0 heterocycles. The lowest BCUT2D eigenvalue weighted by atomic mass is 9.95. The van der Waals surface area contributed by atoms with Crippen LogP contribution in [-0.2, 0) is 11.2 Å². The number of hydrogen-bond donors (Lipinski definition) is 3. The summed E-state index contributed by atoms with van der Waals surface area (Å²) in [6.45, 7) is 1.07. The highest BCUT2D eigenvalue weighted by Gasteiger charge is 2.32. The van der Waals surface area contributed by atoms with E-state index < -0.39 is 0 Å². The Hall–Kier alpha value is -2.66. The van der Waals surface area contributed by atoms with Gasteiger partial charge in [0.1, 0.15) is 0 Å². The Morgan fingerprint density at radius 1 is 1.00 bits per heavy atom. The topological polar surface area (TPSA) is 84.2 Å². The average Bonchev–Trinajstić information content (AvgIpc) is 3.18. The van der Waals surface area contributed by atoms with Crippen LogP contribution in [0.2, 0.25) is 0 Å². The van der Waals surface area contributed by atoms with Crippen LogP contribution in [0.5, 0.6) is 0 Å². The summed E-state index contributed by atoms with van der Waals surface area (Å²) in [4.78, 5) is 25.3. The van der Waals surface area contributed by atoms with Crippen LogP contribution in [0.15, 0.2) is 54.6 Å². The fraction of sp³-hybridized carbons (Fsp3) is 0.364. The molecule has 2 aromatic rings. The summed E-state index contributed by atoms with van der Waals surface area (Å²) in [5, 5.41) is 5.89. The summed E-state index contributed by atoms with van der Waals surface area (Å²) in [6, 6.07) is 17.2. The van der Waals surface area contributed by atoms with E-state index in [-0.39, 0.29) is 23.7 Å². The number of carbonyl (C=O) groups excluding carboxylic acids is 2. The van der Waals surface area contributed by atoms with Crippen molar-refractivity contribution in [1.82, 2.24) is 5.32 Å². The van der Waals surface area contributed by atoms with Crippen LogP contribution in [0.3, 0.4) is 0 Å². The molecule has 0 bridgehead atoms. The van der Waals surface area contributed by atoms with E-state index in [9.17, 15) is 9.59 Å². The summed E-state index contributed by atoms with van der Waals surface area (Å²) < 4.78 is 0. The third kappa shape index (κ3) is 4.95. The molecule has 1 aliphatic rings. The average molecular weight is 365 g/mol. The number of rotatable bonds is 7. The van der Waals surface area contributed by atoms with E-state index >= 15 is 0 Å². The Balaban J connectivity index is 1.61. The van der Waals surface area contributed by atoms with Crippen LogP contribution in [0.25, 0.3) is 0 Å². The molecule has 0 spiro atoms. The zero-order valence-corrected chi connectivity index (χ0v) is 15.5. The van der Waals surface area contributed by atoms with E-state index in [0.29, 0.717) is 24.3 Å². The van der Waals surface area contributed by atoms with Crippen molar-refractivity contribution in [3.05, 3.63) is 65.7 Å². The lowest BCUT2D eigenvalue weighted by Crippen LogP contribution is -2.31. The zero-order valence-electron chi connectivity index (χ0n) is 15.5. The first-order valence-electron chi connectivity index (χ1n) is 9.61. The smallest absolute Gasteiger partial charge is 0.253 e. The van der Waals surface area contributed by atoms with Crippen LogP contribution in [0.4, 0.5) is 5.69 Å². The molecular formula is C22H27N3O2. The van der Waals surface area contributed by atoms with Crippen LogP contribution >= 0.6 is 0 Å². The molecule has 0 saturated heterocycles. The minimum atomic E-state index is -0.177. The molecule has 0 unspecified atom stereocenters. The fourth-order valence-corrected chi connectivity index (χ4v) is 3.74. The number of carbonyl (C=O) groups is 2. The SMILES string of the molecule is NC[C@H]1CCC[C@H]1C(=O)Nc1ccccc1C(=O)NCCc1ccccc1. The Morgan fingerprint density at radius 3 is 2.52 bits per heavy atom. The van der Waals surface area contributed by atoms with E-state index in [4.69, 9.17) is 5.73 Å². The molecule has 2 aromatic carbocycles. The van der Waals surface area contributed by atoms with E-state index in [2.05, 4.69) is 10.6 Å². The summed E-state index contributed by atoms with van der Waals surface area (Å²) in [5.74, 6) is -0.0443. The quantitative estimate of drug-likeness (QED) is 0.705. The Morgan fingerprint density at radius 2 is 1.74 bits per heavy atom. The van der Waals surface area contributed by atoms with Gasteiger partial charge in [-0.05, 0) is 49.4 Å². The number of nitrogens with two attached hydrogens (primary N) is 1. The number of nitrogens with one attached hydrogen (secondary N) is 2. The van der Waals surface area contributed by atoms with Crippen molar-refractivity contribution in [2.24, 2.45) is 17.6 Å². The fourth-order valence-electron chi connectivity index (χ4n) is 3.74. The maximum absolute atomic E-state index is 12.7. The van der Waals surface area contributed by atoms with E-state index in [1.807, 2.05) is 36.4 Å². The van der Waals surface area contributed by atoms with Crippen molar-refractivity contribution >= 4 is 17.5 Å². The van der Waals surface area contributed by atoms with Gasteiger partial charge in [0.05, 0.1) is 11.3 Å².